The molecule has 0 aliphatic rings. The summed E-state index contributed by atoms with van der Waals surface area (Å²) in [7, 11) is 0. The highest BCUT2D eigenvalue weighted by molar-refractivity contribution is 5.88. The Hall–Kier alpha value is -2.19. The number of hydrogen-bond donors (Lipinski definition) is 1. The van der Waals surface area contributed by atoms with E-state index in [9.17, 15) is 4.79 Å². The molecule has 62 valence electrons. The van der Waals surface area contributed by atoms with E-state index in [4.69, 9.17) is 18.0 Å². The molecule has 1 rings (SSSR count). The Balaban J connectivity index is 3.35. The second-order valence-corrected chi connectivity index (χ2v) is 2.39. The molecular weight excluding hydrogens is 164 g/mol. The highest BCUT2D eigenvalue weighted by atomic mass is 16.4. The molecule has 0 saturated heterocycles. The molecular formula is C11H6O2. The van der Waals surface area contributed by atoms with Gasteiger partial charge in [-0.3, -0.25) is 0 Å². The van der Waals surface area contributed by atoms with E-state index in [2.05, 4.69) is 11.8 Å². The molecule has 0 heterocycles. The number of aromatic carboxylic acids is 1. The zero-order chi connectivity index (χ0) is 9.84. The van der Waals surface area contributed by atoms with Crippen LogP contribution in [0.25, 0.3) is 0 Å². The van der Waals surface area contributed by atoms with Crippen LogP contribution >= 0.6 is 0 Å². The first-order valence-corrected chi connectivity index (χ1v) is 3.49. The fourth-order valence-electron chi connectivity index (χ4n) is 0.918. The van der Waals surface area contributed by atoms with Crippen molar-refractivity contribution in [2.45, 2.75) is 0 Å². The minimum atomic E-state index is -1.03. The summed E-state index contributed by atoms with van der Waals surface area (Å²) in [5.74, 6) is 3.64. The zero-order valence-electron chi connectivity index (χ0n) is 6.74. The van der Waals surface area contributed by atoms with Gasteiger partial charge in [0, 0.05) is 11.1 Å². The van der Waals surface area contributed by atoms with Gasteiger partial charge in [0.15, 0.2) is 0 Å². The first-order chi connectivity index (χ1) is 6.17. The molecule has 2 heteroatoms. The predicted octanol–water partition coefficient (Wildman–Crippen LogP) is 1.35. The molecule has 0 amide bonds. The van der Waals surface area contributed by atoms with Gasteiger partial charge in [-0.05, 0) is 18.2 Å². The summed E-state index contributed by atoms with van der Waals surface area (Å²) in [5, 5.41) is 8.69. The summed E-state index contributed by atoms with van der Waals surface area (Å²) < 4.78 is 0. The Labute approximate surface area is 76.2 Å². The Morgan fingerprint density at radius 2 is 1.62 bits per heavy atom. The van der Waals surface area contributed by atoms with E-state index in [1.807, 2.05) is 0 Å². The third kappa shape index (κ3) is 1.89. The summed E-state index contributed by atoms with van der Waals surface area (Å²) in [6.45, 7) is 0. The van der Waals surface area contributed by atoms with Crippen LogP contribution in [0.15, 0.2) is 18.2 Å². The topological polar surface area (TPSA) is 37.3 Å². The molecule has 0 aliphatic carbocycles. The maximum atomic E-state index is 10.6. The van der Waals surface area contributed by atoms with E-state index in [1.165, 1.54) is 12.1 Å². The van der Waals surface area contributed by atoms with Crippen molar-refractivity contribution >= 4 is 5.97 Å². The molecule has 0 unspecified atom stereocenters. The van der Waals surface area contributed by atoms with Crippen LogP contribution in [-0.2, 0) is 0 Å². The normalized spacial score (nSPS) is 8.46. The summed E-state index contributed by atoms with van der Waals surface area (Å²) in [4.78, 5) is 10.6. The SMILES string of the molecule is C#Cc1cc(C#C)cc(C(=O)O)c1. The first-order valence-electron chi connectivity index (χ1n) is 3.49. The zero-order valence-corrected chi connectivity index (χ0v) is 6.74. The minimum absolute atomic E-state index is 0.114. The van der Waals surface area contributed by atoms with Gasteiger partial charge >= 0.3 is 5.97 Å². The Kier molecular flexibility index (Phi) is 2.38. The van der Waals surface area contributed by atoms with Gasteiger partial charge in [0.05, 0.1) is 5.56 Å². The largest absolute Gasteiger partial charge is 0.478 e. The van der Waals surface area contributed by atoms with Crippen LogP contribution in [0.3, 0.4) is 0 Å². The van der Waals surface area contributed by atoms with Crippen LogP contribution in [0.2, 0.25) is 0 Å². The van der Waals surface area contributed by atoms with Crippen LogP contribution in [0.5, 0.6) is 0 Å². The highest BCUT2D eigenvalue weighted by Crippen LogP contribution is 2.08. The molecule has 0 spiro atoms. The molecule has 0 fully saturated rings. The molecule has 0 saturated carbocycles. The van der Waals surface area contributed by atoms with Crippen molar-refractivity contribution in [2.24, 2.45) is 0 Å². The van der Waals surface area contributed by atoms with Gasteiger partial charge in [0.2, 0.25) is 0 Å². The van der Waals surface area contributed by atoms with Crippen LogP contribution in [0.4, 0.5) is 0 Å². The molecule has 0 bridgehead atoms. The number of rotatable bonds is 1. The molecule has 0 aromatic heterocycles. The number of carboxylic acid groups (broad SMARTS) is 1. The lowest BCUT2D eigenvalue weighted by Gasteiger charge is -1.97. The van der Waals surface area contributed by atoms with E-state index in [0.29, 0.717) is 11.1 Å². The maximum absolute atomic E-state index is 10.6. The second kappa shape index (κ2) is 3.47. The number of benzene rings is 1. The molecule has 0 radical (unpaired) electrons. The van der Waals surface area contributed by atoms with E-state index >= 15 is 0 Å². The predicted molar refractivity (Wildman–Crippen MR) is 49.3 cm³/mol. The summed E-state index contributed by atoms with van der Waals surface area (Å²) in [6.07, 6.45) is 10.3. The second-order valence-electron chi connectivity index (χ2n) is 2.39. The average molecular weight is 170 g/mol. The first kappa shape index (κ1) is 8.90. The third-order valence-electron chi connectivity index (χ3n) is 1.51. The number of terminal acetylenes is 2. The van der Waals surface area contributed by atoms with Crippen LogP contribution < -0.4 is 0 Å². The molecule has 1 N–H and O–H groups in total. The summed E-state index contributed by atoms with van der Waals surface area (Å²) in [5.41, 5.74) is 1.07. The molecule has 13 heavy (non-hydrogen) atoms. The van der Waals surface area contributed by atoms with E-state index < -0.39 is 5.97 Å². The van der Waals surface area contributed by atoms with Crippen molar-refractivity contribution in [3.8, 4) is 24.7 Å². The smallest absolute Gasteiger partial charge is 0.335 e. The van der Waals surface area contributed by atoms with Crippen LogP contribution in [0.1, 0.15) is 21.5 Å². The number of carbonyl (C=O) groups is 1. The van der Waals surface area contributed by atoms with Gasteiger partial charge in [0.1, 0.15) is 0 Å². The number of carboxylic acids is 1. The van der Waals surface area contributed by atoms with Gasteiger partial charge < -0.3 is 5.11 Å². The summed E-state index contributed by atoms with van der Waals surface area (Å²) >= 11 is 0. The Morgan fingerprint density at radius 1 is 1.15 bits per heavy atom. The third-order valence-corrected chi connectivity index (χ3v) is 1.51. The standard InChI is InChI=1S/C11H6O2/c1-3-8-5-9(4-2)7-10(6-8)11(12)13/h1-2,5-7H,(H,12,13). The van der Waals surface area contributed by atoms with Crippen molar-refractivity contribution in [2.75, 3.05) is 0 Å². The van der Waals surface area contributed by atoms with E-state index in [1.54, 1.807) is 6.07 Å². The lowest BCUT2D eigenvalue weighted by atomic mass is 10.1. The van der Waals surface area contributed by atoms with Crippen molar-refractivity contribution in [1.29, 1.82) is 0 Å². The Morgan fingerprint density at radius 3 is 1.92 bits per heavy atom. The highest BCUT2D eigenvalue weighted by Gasteiger charge is 2.04. The lowest BCUT2D eigenvalue weighted by Crippen LogP contribution is -1.97. The molecule has 0 aliphatic heterocycles. The van der Waals surface area contributed by atoms with Crippen LogP contribution in [0, 0.1) is 24.7 Å². The van der Waals surface area contributed by atoms with Crippen molar-refractivity contribution in [3.05, 3.63) is 34.9 Å². The number of hydrogen-bond acceptors (Lipinski definition) is 1. The lowest BCUT2D eigenvalue weighted by molar-refractivity contribution is 0.0697. The van der Waals surface area contributed by atoms with E-state index in [-0.39, 0.29) is 5.56 Å². The molecule has 1 aromatic rings. The fraction of sp³-hybridized carbons (Fsp3) is 0. The van der Waals surface area contributed by atoms with Crippen molar-refractivity contribution < 1.29 is 9.90 Å². The Bertz CT molecular complexity index is 398. The van der Waals surface area contributed by atoms with Crippen molar-refractivity contribution in [3.63, 3.8) is 0 Å². The molecule has 0 atom stereocenters. The van der Waals surface area contributed by atoms with E-state index in [0.717, 1.165) is 0 Å². The van der Waals surface area contributed by atoms with Crippen LogP contribution in [-0.4, -0.2) is 11.1 Å². The quantitative estimate of drug-likeness (QED) is 0.646. The molecule has 1 aromatic carbocycles. The van der Waals surface area contributed by atoms with Crippen molar-refractivity contribution in [1.82, 2.24) is 0 Å². The monoisotopic (exact) mass is 170 g/mol. The van der Waals surface area contributed by atoms with Gasteiger partial charge in [-0.15, -0.1) is 12.8 Å². The van der Waals surface area contributed by atoms with Gasteiger partial charge in [-0.1, -0.05) is 11.8 Å². The molecule has 2 nitrogen and oxygen atoms in total. The minimum Gasteiger partial charge on any atom is -0.478 e. The average Bonchev–Trinajstić information content (AvgIpc) is 2.16. The van der Waals surface area contributed by atoms with Gasteiger partial charge in [-0.2, -0.15) is 0 Å². The van der Waals surface area contributed by atoms with Gasteiger partial charge in [0.25, 0.3) is 0 Å². The summed E-state index contributed by atoms with van der Waals surface area (Å²) in [6, 6.07) is 4.40. The maximum Gasteiger partial charge on any atom is 0.335 e. The fourth-order valence-corrected chi connectivity index (χ4v) is 0.918. The van der Waals surface area contributed by atoms with Gasteiger partial charge in [-0.25, -0.2) is 4.79 Å².